The van der Waals surface area contributed by atoms with E-state index in [1.807, 2.05) is 37.6 Å². The first-order valence-electron chi connectivity index (χ1n) is 11.6. The molecule has 0 unspecified atom stereocenters. The minimum Gasteiger partial charge on any atom is -0.333 e. The highest BCUT2D eigenvalue weighted by molar-refractivity contribution is 6.13. The quantitative estimate of drug-likeness (QED) is 0.384. The maximum atomic E-state index is 11.4. The van der Waals surface area contributed by atoms with Crippen LogP contribution in [-0.4, -0.2) is 34.6 Å². The number of hydrogen-bond donors (Lipinski definition) is 2. The van der Waals surface area contributed by atoms with Gasteiger partial charge in [0.15, 0.2) is 5.49 Å². The van der Waals surface area contributed by atoms with Gasteiger partial charge in [0, 0.05) is 30.8 Å². The molecule has 0 radical (unpaired) electrons. The molecule has 6 nitrogen and oxygen atoms in total. The molecule has 2 heterocycles. The molecule has 0 spiro atoms. The lowest BCUT2D eigenvalue weighted by molar-refractivity contribution is -0.104. The smallest absolute Gasteiger partial charge is 0.154 e. The minimum atomic E-state index is 0.466. The van der Waals surface area contributed by atoms with Gasteiger partial charge in [-0.25, -0.2) is 4.99 Å². The number of aldehydes is 1. The molecule has 0 atom stereocenters. The Bertz CT molecular complexity index is 1040. The lowest BCUT2D eigenvalue weighted by Gasteiger charge is -2.23. The van der Waals surface area contributed by atoms with Crippen LogP contribution >= 0.6 is 0 Å². The summed E-state index contributed by atoms with van der Waals surface area (Å²) >= 11 is 0. The third-order valence-corrected chi connectivity index (χ3v) is 6.07. The summed E-state index contributed by atoms with van der Waals surface area (Å²) < 4.78 is 2.01. The van der Waals surface area contributed by atoms with Crippen molar-refractivity contribution in [1.29, 1.82) is 5.41 Å². The van der Waals surface area contributed by atoms with E-state index in [2.05, 4.69) is 24.5 Å². The van der Waals surface area contributed by atoms with Crippen LogP contribution in [0.15, 0.2) is 57.9 Å². The Hall–Kier alpha value is -2.86. The minimum absolute atomic E-state index is 0.466. The number of piperidine rings is 1. The molecule has 1 aromatic heterocycles. The molecular formula is C26H35N5O. The Morgan fingerprint density at radius 1 is 1.31 bits per heavy atom. The van der Waals surface area contributed by atoms with Gasteiger partial charge in [-0.15, -0.1) is 0 Å². The van der Waals surface area contributed by atoms with Crippen LogP contribution in [0.5, 0.6) is 0 Å². The summed E-state index contributed by atoms with van der Waals surface area (Å²) in [6, 6.07) is 0. The van der Waals surface area contributed by atoms with Crippen molar-refractivity contribution in [2.45, 2.75) is 58.8 Å². The second-order valence-electron chi connectivity index (χ2n) is 8.61. The van der Waals surface area contributed by atoms with Crippen LogP contribution in [0, 0.1) is 12.3 Å². The molecule has 1 aromatic rings. The second kappa shape index (κ2) is 11.1. The van der Waals surface area contributed by atoms with Crippen molar-refractivity contribution in [3.63, 3.8) is 0 Å². The standard InChI is InChI=1S/C26H35N5O/c1-5-6-7-8-21-16-22(15-18(2)25(21)27)23(11-14-32)30-26-19(3)29-24(17-31(26)4)20-9-12-28-13-10-20/h8,11,14-17,20,27-28H,5-7,9-10,12-13H2,1-4H3/b21-8-,23-11-,27-25?,30-26?. The lowest BCUT2D eigenvalue weighted by atomic mass is 9.91. The molecule has 1 saturated heterocycles. The van der Waals surface area contributed by atoms with E-state index in [4.69, 9.17) is 15.4 Å². The number of aromatic nitrogens is 2. The lowest BCUT2D eigenvalue weighted by Crippen LogP contribution is -2.29. The third-order valence-electron chi connectivity index (χ3n) is 6.07. The molecule has 0 amide bonds. The molecule has 1 fully saturated rings. The zero-order valence-corrected chi connectivity index (χ0v) is 19.7. The molecule has 32 heavy (non-hydrogen) atoms. The predicted molar refractivity (Wildman–Crippen MR) is 130 cm³/mol. The molecule has 2 N–H and O–H groups in total. The van der Waals surface area contributed by atoms with Gasteiger partial charge in [0.25, 0.3) is 0 Å². The molecule has 0 saturated carbocycles. The van der Waals surface area contributed by atoms with E-state index in [-0.39, 0.29) is 0 Å². The van der Waals surface area contributed by atoms with E-state index in [1.165, 1.54) is 6.08 Å². The van der Waals surface area contributed by atoms with E-state index < -0.39 is 0 Å². The van der Waals surface area contributed by atoms with Crippen molar-refractivity contribution in [2.24, 2.45) is 12.0 Å². The summed E-state index contributed by atoms with van der Waals surface area (Å²) in [5.74, 6) is 0.466. The zero-order chi connectivity index (χ0) is 23.1. The average Bonchev–Trinajstić information content (AvgIpc) is 2.78. The summed E-state index contributed by atoms with van der Waals surface area (Å²) in [5.41, 5.74) is 6.42. The topological polar surface area (TPSA) is 83.1 Å². The molecule has 2 aliphatic rings. The third kappa shape index (κ3) is 5.68. The monoisotopic (exact) mass is 433 g/mol. The van der Waals surface area contributed by atoms with Gasteiger partial charge >= 0.3 is 0 Å². The average molecular weight is 434 g/mol. The van der Waals surface area contributed by atoms with E-state index in [0.717, 1.165) is 85.1 Å². The van der Waals surface area contributed by atoms with Crippen LogP contribution in [-0.2, 0) is 11.8 Å². The van der Waals surface area contributed by atoms with Crippen LogP contribution in [0.2, 0.25) is 0 Å². The maximum absolute atomic E-state index is 11.4. The summed E-state index contributed by atoms with van der Waals surface area (Å²) in [6.07, 6.45) is 15.7. The fourth-order valence-corrected chi connectivity index (χ4v) is 4.22. The molecule has 0 bridgehead atoms. The molecule has 1 aliphatic heterocycles. The van der Waals surface area contributed by atoms with Gasteiger partial charge in [-0.05, 0) is 69.5 Å². The van der Waals surface area contributed by atoms with Crippen molar-refractivity contribution in [3.05, 3.63) is 69.8 Å². The maximum Gasteiger partial charge on any atom is 0.154 e. The van der Waals surface area contributed by atoms with Gasteiger partial charge in [0.1, 0.15) is 6.29 Å². The van der Waals surface area contributed by atoms with Gasteiger partial charge in [-0.2, -0.15) is 0 Å². The van der Waals surface area contributed by atoms with Gasteiger partial charge in [-0.1, -0.05) is 25.8 Å². The van der Waals surface area contributed by atoms with Crippen LogP contribution < -0.4 is 10.8 Å². The van der Waals surface area contributed by atoms with Crippen molar-refractivity contribution in [1.82, 2.24) is 14.9 Å². The molecule has 170 valence electrons. The molecule has 0 aromatic carbocycles. The Morgan fingerprint density at radius 2 is 2.06 bits per heavy atom. The van der Waals surface area contributed by atoms with Crippen molar-refractivity contribution < 1.29 is 4.79 Å². The van der Waals surface area contributed by atoms with Crippen LogP contribution in [0.1, 0.15) is 63.3 Å². The second-order valence-corrected chi connectivity index (χ2v) is 8.61. The summed E-state index contributed by atoms with van der Waals surface area (Å²) in [6.45, 7) is 8.12. The Balaban J connectivity index is 2.01. The molecule has 6 heteroatoms. The van der Waals surface area contributed by atoms with Gasteiger partial charge in [0.05, 0.1) is 22.8 Å². The highest BCUT2D eigenvalue weighted by atomic mass is 16.1. The SMILES string of the molecule is CCCC/C=C1C=C(/C(=C/C=O)N=c2c(C)nc(C3CCNCC3)cn2C)C=C(C)C/1=N. The summed E-state index contributed by atoms with van der Waals surface area (Å²) in [7, 11) is 1.98. The number of allylic oxidation sites excluding steroid dienone is 6. The van der Waals surface area contributed by atoms with Crippen LogP contribution in [0.25, 0.3) is 0 Å². The predicted octanol–water partition coefficient (Wildman–Crippen LogP) is 4.20. The molecule has 3 rings (SSSR count). The van der Waals surface area contributed by atoms with Crippen molar-refractivity contribution >= 4 is 12.0 Å². The van der Waals surface area contributed by atoms with E-state index in [0.29, 0.717) is 17.3 Å². The van der Waals surface area contributed by atoms with Crippen molar-refractivity contribution in [3.8, 4) is 0 Å². The first-order valence-corrected chi connectivity index (χ1v) is 11.6. The Labute approximate surface area is 191 Å². The fraction of sp³-hybridized carbons (Fsp3) is 0.462. The number of nitrogens with zero attached hydrogens (tertiary/aromatic N) is 3. The molecule has 1 aliphatic carbocycles. The first-order chi connectivity index (χ1) is 15.4. The van der Waals surface area contributed by atoms with E-state index in [9.17, 15) is 4.79 Å². The number of carbonyl (C=O) groups excluding carboxylic acids is 1. The van der Waals surface area contributed by atoms with Crippen molar-refractivity contribution in [2.75, 3.05) is 13.1 Å². The molecular weight excluding hydrogens is 398 g/mol. The highest BCUT2D eigenvalue weighted by Gasteiger charge is 2.18. The summed E-state index contributed by atoms with van der Waals surface area (Å²) in [4.78, 5) is 21.2. The van der Waals surface area contributed by atoms with Gasteiger partial charge in [0.2, 0.25) is 0 Å². The highest BCUT2D eigenvalue weighted by Crippen LogP contribution is 2.26. The van der Waals surface area contributed by atoms with Gasteiger partial charge < -0.3 is 15.3 Å². The normalized spacial score (nSPS) is 19.9. The zero-order valence-electron chi connectivity index (χ0n) is 19.7. The number of rotatable bonds is 7. The Kier molecular flexibility index (Phi) is 8.28. The van der Waals surface area contributed by atoms with Crippen LogP contribution in [0.3, 0.4) is 0 Å². The van der Waals surface area contributed by atoms with E-state index in [1.54, 1.807) is 0 Å². The summed E-state index contributed by atoms with van der Waals surface area (Å²) in [5, 5.41) is 11.8. The first kappa shape index (κ1) is 23.8. The number of nitrogens with one attached hydrogen (secondary N) is 2. The van der Waals surface area contributed by atoms with Crippen LogP contribution in [0.4, 0.5) is 0 Å². The Morgan fingerprint density at radius 3 is 2.72 bits per heavy atom. The van der Waals surface area contributed by atoms with Gasteiger partial charge in [-0.3, -0.25) is 9.78 Å². The number of unbranched alkanes of at least 4 members (excludes halogenated alkanes) is 2. The largest absolute Gasteiger partial charge is 0.333 e. The number of hydrogen-bond acceptors (Lipinski definition) is 5. The van der Waals surface area contributed by atoms with E-state index >= 15 is 0 Å². The fourth-order valence-electron chi connectivity index (χ4n) is 4.22. The number of aryl methyl sites for hydroxylation is 2. The number of carbonyl (C=O) groups is 1.